The van der Waals surface area contributed by atoms with E-state index >= 15 is 0 Å². The topological polar surface area (TPSA) is 58.6 Å². The normalized spacial score (nSPS) is 20.2. The number of nitrogens with zero attached hydrogens (tertiary/aromatic N) is 1. The largest absolute Gasteiger partial charge is 0.384 e. The third kappa shape index (κ3) is 4.89. The molecule has 2 unspecified atom stereocenters. The van der Waals surface area contributed by atoms with Crippen LogP contribution in [0.15, 0.2) is 24.3 Å². The maximum Gasteiger partial charge on any atom is 0.241 e. The molecule has 1 aromatic carbocycles. The van der Waals surface area contributed by atoms with E-state index in [2.05, 4.69) is 10.2 Å². The molecule has 2 rings (SSSR count). The van der Waals surface area contributed by atoms with Crippen LogP contribution < -0.4 is 5.32 Å². The number of carbonyl (C=O) groups is 2. The van der Waals surface area contributed by atoms with Gasteiger partial charge in [0.15, 0.2) is 5.78 Å². The molecule has 0 spiro atoms. The van der Waals surface area contributed by atoms with Gasteiger partial charge in [0.05, 0.1) is 18.3 Å². The Labute approximate surface area is 144 Å². The van der Waals surface area contributed by atoms with Crippen LogP contribution in [0.1, 0.15) is 43.5 Å². The first kappa shape index (κ1) is 18.6. The van der Waals surface area contributed by atoms with Crippen molar-refractivity contribution in [3.05, 3.63) is 29.8 Å². The van der Waals surface area contributed by atoms with Gasteiger partial charge < -0.3 is 10.1 Å². The number of methoxy groups -OCH3 is 1. The summed E-state index contributed by atoms with van der Waals surface area (Å²) in [5.74, 6) is 0.354. The van der Waals surface area contributed by atoms with Gasteiger partial charge in [0.2, 0.25) is 5.91 Å². The summed E-state index contributed by atoms with van der Waals surface area (Å²) in [6.45, 7) is 5.97. The van der Waals surface area contributed by atoms with Gasteiger partial charge in [-0.15, -0.1) is 0 Å². The lowest BCUT2D eigenvalue weighted by atomic mass is 10.0. The zero-order valence-electron chi connectivity index (χ0n) is 14.9. The first-order valence-corrected chi connectivity index (χ1v) is 8.66. The number of para-hydroxylation sites is 1. The Hall–Kier alpha value is -1.72. The number of Topliss-reactive ketones (excluding diaryl/α,β-unsaturated/α-hetero) is 1. The molecule has 1 fully saturated rings. The standard InChI is InChI=1S/C19H28N2O3/c1-14(21-11-7-6-8-16(12-21)13-24-3)19(23)20-18-10-5-4-9-17(18)15(2)22/h4-5,9-10,14,16H,6-8,11-13H2,1-3H3,(H,20,23). The zero-order valence-corrected chi connectivity index (χ0v) is 14.9. The Morgan fingerprint density at radius 2 is 2.08 bits per heavy atom. The third-order valence-corrected chi connectivity index (χ3v) is 4.69. The van der Waals surface area contributed by atoms with E-state index in [-0.39, 0.29) is 17.7 Å². The van der Waals surface area contributed by atoms with E-state index in [1.165, 1.54) is 13.3 Å². The molecule has 5 heteroatoms. The Morgan fingerprint density at radius 3 is 2.79 bits per heavy atom. The molecule has 0 radical (unpaired) electrons. The summed E-state index contributed by atoms with van der Waals surface area (Å²) in [5.41, 5.74) is 1.14. The Kier molecular flexibility index (Phi) is 6.94. The lowest BCUT2D eigenvalue weighted by Gasteiger charge is -2.29. The van der Waals surface area contributed by atoms with Crippen LogP contribution in [0, 0.1) is 5.92 Å². The van der Waals surface area contributed by atoms with Crippen LogP contribution >= 0.6 is 0 Å². The molecule has 0 saturated carbocycles. The molecule has 1 saturated heterocycles. The lowest BCUT2D eigenvalue weighted by molar-refractivity contribution is -0.121. The minimum absolute atomic E-state index is 0.0477. The maximum atomic E-state index is 12.7. The molecule has 1 aliphatic rings. The van der Waals surface area contributed by atoms with Gasteiger partial charge in [-0.3, -0.25) is 14.5 Å². The number of benzene rings is 1. The fraction of sp³-hybridized carbons (Fsp3) is 0.579. The van der Waals surface area contributed by atoms with E-state index in [0.29, 0.717) is 17.2 Å². The predicted molar refractivity (Wildman–Crippen MR) is 95.3 cm³/mol. The Balaban J connectivity index is 2.04. The van der Waals surface area contributed by atoms with E-state index < -0.39 is 0 Å². The highest BCUT2D eigenvalue weighted by atomic mass is 16.5. The predicted octanol–water partition coefficient (Wildman–Crippen LogP) is 2.96. The summed E-state index contributed by atoms with van der Waals surface area (Å²) < 4.78 is 5.30. The molecule has 0 bridgehead atoms. The summed E-state index contributed by atoms with van der Waals surface area (Å²) in [4.78, 5) is 26.6. The number of ether oxygens (including phenoxy) is 1. The lowest BCUT2D eigenvalue weighted by Crippen LogP contribution is -2.44. The van der Waals surface area contributed by atoms with Crippen molar-refractivity contribution in [2.45, 2.75) is 39.2 Å². The van der Waals surface area contributed by atoms with Crippen LogP contribution in [0.3, 0.4) is 0 Å². The van der Waals surface area contributed by atoms with Crippen molar-refractivity contribution in [3.8, 4) is 0 Å². The minimum atomic E-state index is -0.234. The third-order valence-electron chi connectivity index (χ3n) is 4.69. The SMILES string of the molecule is COCC1CCCCN(C(C)C(=O)Nc2ccccc2C(C)=O)C1. The van der Waals surface area contributed by atoms with Crippen molar-refractivity contribution in [1.29, 1.82) is 0 Å². The van der Waals surface area contributed by atoms with Gasteiger partial charge in [-0.05, 0) is 51.3 Å². The maximum absolute atomic E-state index is 12.7. The Morgan fingerprint density at radius 1 is 1.33 bits per heavy atom. The van der Waals surface area contributed by atoms with Gasteiger partial charge in [0.25, 0.3) is 0 Å². The van der Waals surface area contributed by atoms with Crippen molar-refractivity contribution in [1.82, 2.24) is 4.90 Å². The second-order valence-electron chi connectivity index (χ2n) is 6.58. The van der Waals surface area contributed by atoms with Gasteiger partial charge >= 0.3 is 0 Å². The number of carbonyl (C=O) groups excluding carboxylic acids is 2. The minimum Gasteiger partial charge on any atom is -0.384 e. The first-order valence-electron chi connectivity index (χ1n) is 8.66. The monoisotopic (exact) mass is 332 g/mol. The molecule has 2 atom stereocenters. The number of amides is 1. The number of rotatable bonds is 6. The van der Waals surface area contributed by atoms with Crippen LogP contribution in [0.25, 0.3) is 0 Å². The second kappa shape index (κ2) is 8.94. The highest BCUT2D eigenvalue weighted by Gasteiger charge is 2.26. The number of nitrogens with one attached hydrogen (secondary N) is 1. The molecular weight excluding hydrogens is 304 g/mol. The van der Waals surface area contributed by atoms with Crippen molar-refractivity contribution >= 4 is 17.4 Å². The van der Waals surface area contributed by atoms with E-state index in [0.717, 1.165) is 32.5 Å². The van der Waals surface area contributed by atoms with Gasteiger partial charge in [0.1, 0.15) is 0 Å². The van der Waals surface area contributed by atoms with E-state index in [1.54, 1.807) is 25.3 Å². The first-order chi connectivity index (χ1) is 11.5. The summed E-state index contributed by atoms with van der Waals surface area (Å²) in [7, 11) is 1.73. The van der Waals surface area contributed by atoms with Gasteiger partial charge in [-0.2, -0.15) is 0 Å². The molecule has 24 heavy (non-hydrogen) atoms. The highest BCUT2D eigenvalue weighted by molar-refractivity contribution is 6.04. The number of anilines is 1. The van der Waals surface area contributed by atoms with E-state index in [4.69, 9.17) is 4.74 Å². The molecule has 0 aliphatic carbocycles. The van der Waals surface area contributed by atoms with Crippen molar-refractivity contribution < 1.29 is 14.3 Å². The van der Waals surface area contributed by atoms with E-state index in [1.807, 2.05) is 13.0 Å². The molecule has 1 amide bonds. The van der Waals surface area contributed by atoms with Gasteiger partial charge in [0, 0.05) is 19.2 Å². The van der Waals surface area contributed by atoms with Gasteiger partial charge in [-0.25, -0.2) is 0 Å². The number of ketones is 1. The molecule has 132 valence electrons. The zero-order chi connectivity index (χ0) is 17.5. The molecule has 0 aromatic heterocycles. The van der Waals surface area contributed by atoms with Crippen LogP contribution in [-0.4, -0.2) is 49.4 Å². The average molecular weight is 332 g/mol. The summed E-state index contributed by atoms with van der Waals surface area (Å²) in [6, 6.07) is 6.91. The number of likely N-dealkylation sites (tertiary alicyclic amines) is 1. The fourth-order valence-corrected chi connectivity index (χ4v) is 3.29. The van der Waals surface area contributed by atoms with Crippen LogP contribution in [-0.2, 0) is 9.53 Å². The average Bonchev–Trinajstić information content (AvgIpc) is 2.80. The van der Waals surface area contributed by atoms with Crippen molar-refractivity contribution in [2.75, 3.05) is 32.1 Å². The van der Waals surface area contributed by atoms with Crippen LogP contribution in [0.2, 0.25) is 0 Å². The van der Waals surface area contributed by atoms with E-state index in [9.17, 15) is 9.59 Å². The van der Waals surface area contributed by atoms with Crippen molar-refractivity contribution in [3.63, 3.8) is 0 Å². The fourth-order valence-electron chi connectivity index (χ4n) is 3.29. The highest BCUT2D eigenvalue weighted by Crippen LogP contribution is 2.20. The van der Waals surface area contributed by atoms with Gasteiger partial charge in [-0.1, -0.05) is 18.6 Å². The summed E-state index contributed by atoms with van der Waals surface area (Å²) >= 11 is 0. The van der Waals surface area contributed by atoms with Crippen LogP contribution in [0.5, 0.6) is 0 Å². The quantitative estimate of drug-likeness (QED) is 0.814. The Bertz CT molecular complexity index is 573. The molecule has 1 aromatic rings. The molecule has 5 nitrogen and oxygen atoms in total. The second-order valence-corrected chi connectivity index (χ2v) is 6.58. The smallest absolute Gasteiger partial charge is 0.241 e. The summed E-state index contributed by atoms with van der Waals surface area (Å²) in [5, 5.41) is 2.92. The summed E-state index contributed by atoms with van der Waals surface area (Å²) in [6.07, 6.45) is 3.42. The molecule has 1 heterocycles. The molecular formula is C19H28N2O3. The van der Waals surface area contributed by atoms with Crippen LogP contribution in [0.4, 0.5) is 5.69 Å². The van der Waals surface area contributed by atoms with Crippen molar-refractivity contribution in [2.24, 2.45) is 5.92 Å². The molecule has 1 aliphatic heterocycles. The number of hydrogen-bond acceptors (Lipinski definition) is 4. The number of hydrogen-bond donors (Lipinski definition) is 1. The molecule has 1 N–H and O–H groups in total.